The minimum absolute atomic E-state index is 0.0813. The molecule has 6 nitrogen and oxygen atoms in total. The van der Waals surface area contributed by atoms with Crippen molar-refractivity contribution in [1.29, 1.82) is 0 Å². The van der Waals surface area contributed by atoms with Gasteiger partial charge in [0.25, 0.3) is 0 Å². The van der Waals surface area contributed by atoms with Crippen molar-refractivity contribution in [1.82, 2.24) is 19.3 Å². The van der Waals surface area contributed by atoms with E-state index < -0.39 is 0 Å². The Bertz CT molecular complexity index is 1050. The molecule has 8 heteroatoms. The average Bonchev–Trinajstić information content (AvgIpc) is 3.18. The molecule has 4 heterocycles. The smallest absolute Gasteiger partial charge is 0.230 e. The molecule has 164 valence electrons. The number of carbonyl (C=O) groups excluding carboxylic acids is 1. The minimum Gasteiger partial charge on any atom is -0.305 e. The predicted molar refractivity (Wildman–Crippen MR) is 130 cm³/mol. The molecule has 0 aromatic carbocycles. The van der Waals surface area contributed by atoms with E-state index in [2.05, 4.69) is 41.2 Å². The Labute approximate surface area is 190 Å². The van der Waals surface area contributed by atoms with E-state index in [1.54, 1.807) is 5.01 Å². The fourth-order valence-corrected chi connectivity index (χ4v) is 5.78. The van der Waals surface area contributed by atoms with Gasteiger partial charge in [0.2, 0.25) is 6.41 Å². The molecule has 4 rings (SSSR count). The standard InChI is InChI=1S/C23H29ClN5OP/c1-4-21(18-12-19(24)23-25-16(3)13-28(23)14-18)31-22-7-6-20(26-29(22)15-30)17-8-10-27(5-2)11-9-17/h4,6-7,12-15,17,22,31H,5,8-11H2,1-3H3/b21-4-. The molecule has 0 aliphatic carbocycles. The van der Waals surface area contributed by atoms with E-state index in [4.69, 9.17) is 16.7 Å². The van der Waals surface area contributed by atoms with Gasteiger partial charge in [0, 0.05) is 18.3 Å². The Morgan fingerprint density at radius 3 is 2.77 bits per heavy atom. The van der Waals surface area contributed by atoms with Crippen LogP contribution >= 0.6 is 20.2 Å². The zero-order chi connectivity index (χ0) is 22.0. The molecule has 0 spiro atoms. The molecular weight excluding hydrogens is 429 g/mol. The molecule has 1 amide bonds. The van der Waals surface area contributed by atoms with E-state index in [1.807, 2.05) is 30.5 Å². The van der Waals surface area contributed by atoms with Gasteiger partial charge in [-0.25, -0.2) is 9.99 Å². The number of piperidine rings is 1. The molecule has 2 aliphatic rings. The number of aromatic nitrogens is 2. The van der Waals surface area contributed by atoms with Crippen LogP contribution in [0.2, 0.25) is 5.02 Å². The highest BCUT2D eigenvalue weighted by molar-refractivity contribution is 7.51. The second-order valence-corrected chi connectivity index (χ2v) is 9.89. The van der Waals surface area contributed by atoms with Crippen LogP contribution in [0.3, 0.4) is 0 Å². The van der Waals surface area contributed by atoms with Gasteiger partial charge in [0.15, 0.2) is 5.65 Å². The molecule has 2 aromatic heterocycles. The Hall–Kier alpha value is -2.01. The Kier molecular flexibility index (Phi) is 6.90. The number of halogens is 1. The number of hydrogen-bond acceptors (Lipinski definition) is 4. The normalized spacial score (nSPS) is 21.4. The van der Waals surface area contributed by atoms with E-state index in [1.165, 1.54) is 0 Å². The number of hydrogen-bond donors (Lipinski definition) is 0. The summed E-state index contributed by atoms with van der Waals surface area (Å²) in [6.45, 7) is 9.47. The number of amides is 1. The molecule has 1 saturated heterocycles. The molecule has 31 heavy (non-hydrogen) atoms. The highest BCUT2D eigenvalue weighted by Gasteiger charge is 2.27. The summed E-state index contributed by atoms with van der Waals surface area (Å²) in [4.78, 5) is 18.8. The maximum Gasteiger partial charge on any atom is 0.230 e. The molecule has 1 fully saturated rings. The van der Waals surface area contributed by atoms with Crippen molar-refractivity contribution < 1.29 is 4.79 Å². The summed E-state index contributed by atoms with van der Waals surface area (Å²) < 4.78 is 1.97. The number of carbonyl (C=O) groups is 1. The average molecular weight is 458 g/mol. The lowest BCUT2D eigenvalue weighted by atomic mass is 9.91. The predicted octanol–water partition coefficient (Wildman–Crippen LogP) is 4.78. The maximum atomic E-state index is 11.9. The van der Waals surface area contributed by atoms with Crippen molar-refractivity contribution in [2.24, 2.45) is 11.0 Å². The largest absolute Gasteiger partial charge is 0.305 e. The van der Waals surface area contributed by atoms with Gasteiger partial charge in [-0.15, -0.1) is 0 Å². The molecular formula is C23H29ClN5OP. The van der Waals surface area contributed by atoms with Gasteiger partial charge >= 0.3 is 0 Å². The summed E-state index contributed by atoms with van der Waals surface area (Å²) in [5, 5.41) is 8.08. The monoisotopic (exact) mass is 457 g/mol. The van der Waals surface area contributed by atoms with Crippen molar-refractivity contribution >= 4 is 43.3 Å². The van der Waals surface area contributed by atoms with Gasteiger partial charge in [-0.3, -0.25) is 4.79 Å². The van der Waals surface area contributed by atoms with Crippen LogP contribution in [-0.4, -0.2) is 56.8 Å². The molecule has 0 N–H and O–H groups in total. The Morgan fingerprint density at radius 1 is 1.32 bits per heavy atom. The number of pyridine rings is 1. The first-order valence-electron chi connectivity index (χ1n) is 10.8. The zero-order valence-corrected chi connectivity index (χ0v) is 20.0. The summed E-state index contributed by atoms with van der Waals surface area (Å²) in [6.07, 6.45) is 13.4. The summed E-state index contributed by atoms with van der Waals surface area (Å²) in [6, 6.07) is 1.96. The molecule has 2 atom stereocenters. The summed E-state index contributed by atoms with van der Waals surface area (Å²) in [5.74, 6) is 0.347. The second kappa shape index (κ2) is 9.64. The molecule has 2 unspecified atom stereocenters. The van der Waals surface area contributed by atoms with Gasteiger partial charge in [-0.05, 0) is 69.3 Å². The van der Waals surface area contributed by atoms with Gasteiger partial charge in [-0.2, -0.15) is 5.10 Å². The van der Waals surface area contributed by atoms with E-state index >= 15 is 0 Å². The first-order valence-corrected chi connectivity index (χ1v) is 12.3. The number of nitrogens with zero attached hydrogens (tertiary/aromatic N) is 5. The minimum atomic E-state index is -0.0813. The van der Waals surface area contributed by atoms with Crippen molar-refractivity contribution in [3.63, 3.8) is 0 Å². The molecule has 2 aromatic rings. The van der Waals surface area contributed by atoms with Crippen LogP contribution in [0.1, 0.15) is 37.9 Å². The molecule has 0 radical (unpaired) electrons. The number of allylic oxidation sites excluding steroid dienone is 2. The number of likely N-dealkylation sites (tertiary alicyclic amines) is 1. The van der Waals surface area contributed by atoms with Gasteiger partial charge in [-0.1, -0.05) is 39.3 Å². The highest BCUT2D eigenvalue weighted by Crippen LogP contribution is 2.41. The first-order chi connectivity index (χ1) is 15.0. The summed E-state index contributed by atoms with van der Waals surface area (Å²) in [7, 11) is 0.367. The lowest BCUT2D eigenvalue weighted by Gasteiger charge is -2.33. The second-order valence-electron chi connectivity index (χ2n) is 8.06. The number of rotatable bonds is 6. The van der Waals surface area contributed by atoms with Crippen molar-refractivity contribution in [3.8, 4) is 0 Å². The molecule has 0 bridgehead atoms. The summed E-state index contributed by atoms with van der Waals surface area (Å²) >= 11 is 6.49. The SMILES string of the molecule is C/C=C(\PC1C=CC(C2CCN(CC)CC2)=NN1C=O)c1cc(Cl)c2nc(C)cn2c1. The maximum absolute atomic E-state index is 11.9. The van der Waals surface area contributed by atoms with E-state index in [0.717, 1.165) is 66.8 Å². The lowest BCUT2D eigenvalue weighted by molar-refractivity contribution is -0.118. The number of aryl methyl sites for hydroxylation is 1. The van der Waals surface area contributed by atoms with Gasteiger partial charge in [0.1, 0.15) is 0 Å². The third-order valence-electron chi connectivity index (χ3n) is 6.06. The molecule has 2 aliphatic heterocycles. The molecule has 0 saturated carbocycles. The van der Waals surface area contributed by atoms with Gasteiger partial charge < -0.3 is 9.30 Å². The van der Waals surface area contributed by atoms with Crippen LogP contribution < -0.4 is 0 Å². The van der Waals surface area contributed by atoms with Crippen molar-refractivity contribution in [2.75, 3.05) is 19.6 Å². The van der Waals surface area contributed by atoms with Crippen LogP contribution in [0.15, 0.2) is 41.8 Å². The first kappa shape index (κ1) is 22.2. The van der Waals surface area contributed by atoms with E-state index in [-0.39, 0.29) is 5.78 Å². The Balaban J connectivity index is 1.50. The quantitative estimate of drug-likeness (QED) is 0.463. The van der Waals surface area contributed by atoms with Crippen LogP contribution in [-0.2, 0) is 4.79 Å². The van der Waals surface area contributed by atoms with Crippen LogP contribution in [0.25, 0.3) is 11.0 Å². The van der Waals surface area contributed by atoms with Crippen LogP contribution in [0.5, 0.6) is 0 Å². The lowest BCUT2D eigenvalue weighted by Crippen LogP contribution is -2.38. The van der Waals surface area contributed by atoms with Crippen LogP contribution in [0.4, 0.5) is 0 Å². The van der Waals surface area contributed by atoms with Crippen molar-refractivity contribution in [3.05, 3.63) is 53.0 Å². The zero-order valence-electron chi connectivity index (χ0n) is 18.3. The van der Waals surface area contributed by atoms with Crippen molar-refractivity contribution in [2.45, 2.75) is 39.4 Å². The van der Waals surface area contributed by atoms with Gasteiger partial charge in [0.05, 0.1) is 22.2 Å². The third kappa shape index (κ3) is 4.77. The topological polar surface area (TPSA) is 53.2 Å². The van der Waals surface area contributed by atoms with Crippen LogP contribution in [0, 0.1) is 12.8 Å². The fraction of sp³-hybridized carbons (Fsp3) is 0.435. The fourth-order valence-electron chi connectivity index (χ4n) is 4.29. The number of imidazole rings is 1. The van der Waals surface area contributed by atoms with E-state index in [0.29, 0.717) is 19.5 Å². The third-order valence-corrected chi connectivity index (χ3v) is 7.98. The number of hydrazone groups is 1. The highest BCUT2D eigenvalue weighted by atomic mass is 35.5. The number of fused-ring (bicyclic) bond motifs is 1. The summed E-state index contributed by atoms with van der Waals surface area (Å²) in [5.41, 5.74) is 3.76. The Morgan fingerprint density at radius 2 is 2.10 bits per heavy atom. The van der Waals surface area contributed by atoms with E-state index in [9.17, 15) is 4.79 Å².